The van der Waals surface area contributed by atoms with E-state index in [2.05, 4.69) is 25.9 Å². The summed E-state index contributed by atoms with van der Waals surface area (Å²) in [5.41, 5.74) is 3.77. The summed E-state index contributed by atoms with van der Waals surface area (Å²) in [6, 6.07) is 10.8. The molecule has 170 valence electrons. The molecule has 0 bridgehead atoms. The Labute approximate surface area is 198 Å². The smallest absolute Gasteiger partial charge is 0.332 e. The SMILES string of the molecule is Cc1[nH]c2ccc(Br)cc2c1CCN=C(c1ccc(F)cc1)C1C(=O)N(C)C(=O)N(C)C1=O. The highest BCUT2D eigenvalue weighted by Gasteiger charge is 2.45. The summed E-state index contributed by atoms with van der Waals surface area (Å²) in [5, 5.41) is 1.07. The van der Waals surface area contributed by atoms with Crippen LogP contribution in [0.1, 0.15) is 16.8 Å². The quantitative estimate of drug-likeness (QED) is 0.412. The lowest BCUT2D eigenvalue weighted by molar-refractivity contribution is -0.144. The summed E-state index contributed by atoms with van der Waals surface area (Å²) in [7, 11) is 2.66. The first-order chi connectivity index (χ1) is 15.7. The highest BCUT2D eigenvalue weighted by molar-refractivity contribution is 9.10. The summed E-state index contributed by atoms with van der Waals surface area (Å²) in [4.78, 5) is 47.8. The van der Waals surface area contributed by atoms with Gasteiger partial charge in [0.25, 0.3) is 0 Å². The number of halogens is 2. The van der Waals surface area contributed by atoms with Crippen LogP contribution in [0.15, 0.2) is 51.9 Å². The third-order valence-corrected chi connectivity index (χ3v) is 6.36. The normalized spacial score (nSPS) is 15.8. The largest absolute Gasteiger partial charge is 0.358 e. The van der Waals surface area contributed by atoms with Gasteiger partial charge in [-0.2, -0.15) is 0 Å². The first-order valence-electron chi connectivity index (χ1n) is 10.3. The van der Waals surface area contributed by atoms with Crippen LogP contribution in [0.3, 0.4) is 0 Å². The van der Waals surface area contributed by atoms with E-state index >= 15 is 0 Å². The number of H-pyrrole nitrogens is 1. The average molecular weight is 513 g/mol. The number of nitrogens with one attached hydrogen (secondary N) is 1. The summed E-state index contributed by atoms with van der Waals surface area (Å²) < 4.78 is 14.5. The van der Waals surface area contributed by atoms with E-state index in [-0.39, 0.29) is 5.71 Å². The first-order valence-corrected chi connectivity index (χ1v) is 11.1. The van der Waals surface area contributed by atoms with Gasteiger partial charge in [-0.05, 0) is 54.8 Å². The molecule has 9 heteroatoms. The lowest BCUT2D eigenvalue weighted by atomic mass is 9.92. The number of hydrogen-bond donors (Lipinski definition) is 1. The predicted octanol–water partition coefficient (Wildman–Crippen LogP) is 4.08. The summed E-state index contributed by atoms with van der Waals surface area (Å²) >= 11 is 3.50. The number of benzene rings is 2. The maximum atomic E-state index is 13.5. The Morgan fingerprint density at radius 2 is 1.70 bits per heavy atom. The number of imide groups is 2. The Hall–Kier alpha value is -3.33. The molecule has 0 radical (unpaired) electrons. The number of nitrogens with zero attached hydrogens (tertiary/aromatic N) is 3. The second kappa shape index (κ2) is 8.90. The molecule has 4 rings (SSSR count). The molecular formula is C24H22BrFN4O3. The number of carbonyl (C=O) groups is 3. The van der Waals surface area contributed by atoms with Crippen molar-refractivity contribution in [2.75, 3.05) is 20.6 Å². The molecule has 1 N–H and O–H groups in total. The van der Waals surface area contributed by atoms with Crippen LogP contribution < -0.4 is 0 Å². The number of aryl methyl sites for hydroxylation is 1. The van der Waals surface area contributed by atoms with Crippen LogP contribution in [-0.4, -0.2) is 59.0 Å². The molecule has 0 unspecified atom stereocenters. The molecule has 2 aromatic carbocycles. The van der Waals surface area contributed by atoms with Gasteiger partial charge in [-0.25, -0.2) is 9.18 Å². The molecule has 7 nitrogen and oxygen atoms in total. The molecule has 3 aromatic rings. The standard InChI is InChI=1S/C24H22BrFN4O3/c1-13-17(18-12-15(25)6-9-19(18)28-13)10-11-27-21(14-4-7-16(26)8-5-14)20-22(31)29(2)24(33)30(3)23(20)32/h4-9,12,20,28H,10-11H2,1-3H3. The molecule has 4 amide bonds. The maximum absolute atomic E-state index is 13.5. The van der Waals surface area contributed by atoms with Crippen molar-refractivity contribution in [1.29, 1.82) is 0 Å². The number of barbiturate groups is 1. The van der Waals surface area contributed by atoms with E-state index in [0.717, 1.165) is 36.4 Å². The molecule has 33 heavy (non-hydrogen) atoms. The number of hydrogen-bond acceptors (Lipinski definition) is 4. The van der Waals surface area contributed by atoms with Crippen LogP contribution in [0, 0.1) is 18.7 Å². The lowest BCUT2D eigenvalue weighted by Gasteiger charge is -2.33. The van der Waals surface area contributed by atoms with Crippen molar-refractivity contribution in [2.24, 2.45) is 10.9 Å². The predicted molar refractivity (Wildman–Crippen MR) is 127 cm³/mol. The van der Waals surface area contributed by atoms with Gasteiger partial charge in [-0.1, -0.05) is 28.1 Å². The van der Waals surface area contributed by atoms with Gasteiger partial charge in [-0.3, -0.25) is 24.4 Å². The van der Waals surface area contributed by atoms with Gasteiger partial charge in [-0.15, -0.1) is 0 Å². The van der Waals surface area contributed by atoms with Gasteiger partial charge >= 0.3 is 6.03 Å². The summed E-state index contributed by atoms with van der Waals surface area (Å²) in [5.74, 6) is -3.03. The number of aromatic nitrogens is 1. The fourth-order valence-corrected chi connectivity index (χ4v) is 4.44. The second-order valence-corrected chi connectivity index (χ2v) is 8.87. The molecule has 1 aliphatic heterocycles. The topological polar surface area (TPSA) is 85.8 Å². The van der Waals surface area contributed by atoms with Gasteiger partial charge in [0.2, 0.25) is 11.8 Å². The third kappa shape index (κ3) is 4.20. The average Bonchev–Trinajstić information content (AvgIpc) is 3.10. The molecule has 0 spiro atoms. The molecule has 1 saturated heterocycles. The zero-order chi connectivity index (χ0) is 23.9. The number of rotatable bonds is 5. The van der Waals surface area contributed by atoms with Crippen molar-refractivity contribution in [3.63, 3.8) is 0 Å². The Balaban J connectivity index is 1.72. The highest BCUT2D eigenvalue weighted by atomic mass is 79.9. The van der Waals surface area contributed by atoms with Crippen molar-refractivity contribution < 1.29 is 18.8 Å². The molecular weight excluding hydrogens is 491 g/mol. The summed E-state index contributed by atoms with van der Waals surface area (Å²) in [6.07, 6.45) is 0.562. The minimum atomic E-state index is -1.28. The molecule has 0 saturated carbocycles. The molecule has 0 aliphatic carbocycles. The van der Waals surface area contributed by atoms with Crippen LogP contribution >= 0.6 is 15.9 Å². The van der Waals surface area contributed by atoms with E-state index in [1.165, 1.54) is 38.4 Å². The van der Waals surface area contributed by atoms with E-state index in [4.69, 9.17) is 0 Å². The van der Waals surface area contributed by atoms with E-state index in [9.17, 15) is 18.8 Å². The van der Waals surface area contributed by atoms with Crippen molar-refractivity contribution in [3.8, 4) is 0 Å². The first kappa shape index (κ1) is 22.8. The Morgan fingerprint density at radius 1 is 1.06 bits per heavy atom. The van der Waals surface area contributed by atoms with Crippen molar-refractivity contribution in [2.45, 2.75) is 13.3 Å². The molecule has 1 aliphatic rings. The van der Waals surface area contributed by atoms with Gasteiger partial charge in [0.1, 0.15) is 5.82 Å². The molecule has 0 atom stereocenters. The van der Waals surface area contributed by atoms with Gasteiger partial charge in [0.15, 0.2) is 5.92 Å². The van der Waals surface area contributed by atoms with E-state index < -0.39 is 29.6 Å². The van der Waals surface area contributed by atoms with Gasteiger partial charge in [0, 0.05) is 41.7 Å². The number of aromatic amines is 1. The van der Waals surface area contributed by atoms with Crippen molar-refractivity contribution in [3.05, 3.63) is 69.6 Å². The van der Waals surface area contributed by atoms with Gasteiger partial charge in [0.05, 0.1) is 5.71 Å². The Bertz CT molecular complexity index is 1280. The number of urea groups is 1. The molecule has 2 heterocycles. The van der Waals surface area contributed by atoms with E-state index in [1.807, 2.05) is 25.1 Å². The van der Waals surface area contributed by atoms with Crippen molar-refractivity contribution >= 4 is 50.4 Å². The maximum Gasteiger partial charge on any atom is 0.332 e. The van der Waals surface area contributed by atoms with Crippen LogP contribution in [0.4, 0.5) is 9.18 Å². The highest BCUT2D eigenvalue weighted by Crippen LogP contribution is 2.27. The minimum Gasteiger partial charge on any atom is -0.358 e. The monoisotopic (exact) mass is 512 g/mol. The number of amides is 4. The zero-order valence-corrected chi connectivity index (χ0v) is 19.9. The summed E-state index contributed by atoms with van der Waals surface area (Å²) in [6.45, 7) is 2.28. The van der Waals surface area contributed by atoms with E-state index in [1.54, 1.807) is 0 Å². The number of fused-ring (bicyclic) bond motifs is 1. The Kier molecular flexibility index (Phi) is 6.16. The van der Waals surface area contributed by atoms with Crippen LogP contribution in [0.5, 0.6) is 0 Å². The Morgan fingerprint density at radius 3 is 2.33 bits per heavy atom. The number of aliphatic imine (C=N–C) groups is 1. The van der Waals surface area contributed by atoms with Crippen LogP contribution in [0.2, 0.25) is 0 Å². The fraction of sp³-hybridized carbons (Fsp3) is 0.250. The number of carbonyl (C=O) groups excluding carboxylic acids is 3. The van der Waals surface area contributed by atoms with E-state index in [0.29, 0.717) is 18.5 Å². The molecule has 1 fully saturated rings. The van der Waals surface area contributed by atoms with Crippen molar-refractivity contribution in [1.82, 2.24) is 14.8 Å². The minimum absolute atomic E-state index is 0.217. The lowest BCUT2D eigenvalue weighted by Crippen LogP contribution is -2.59. The zero-order valence-electron chi connectivity index (χ0n) is 18.4. The third-order valence-electron chi connectivity index (χ3n) is 5.87. The van der Waals surface area contributed by atoms with Crippen LogP contribution in [0.25, 0.3) is 10.9 Å². The molecule has 1 aromatic heterocycles. The second-order valence-electron chi connectivity index (χ2n) is 7.95. The fourth-order valence-electron chi connectivity index (χ4n) is 4.08. The van der Waals surface area contributed by atoms with Crippen LogP contribution in [-0.2, 0) is 16.0 Å². The van der Waals surface area contributed by atoms with Gasteiger partial charge < -0.3 is 4.98 Å².